The molecule has 1 saturated carbocycles. The summed E-state index contributed by atoms with van der Waals surface area (Å²) < 4.78 is 0. The summed E-state index contributed by atoms with van der Waals surface area (Å²) in [6, 6.07) is 10.3. The van der Waals surface area contributed by atoms with E-state index in [1.165, 1.54) is 24.8 Å². The minimum absolute atomic E-state index is 0.130. The lowest BCUT2D eigenvalue weighted by atomic mass is 9.90. The van der Waals surface area contributed by atoms with Gasteiger partial charge in [0, 0.05) is 5.92 Å². The highest BCUT2D eigenvalue weighted by atomic mass is 35.5. The molecule has 0 saturated heterocycles. The Bertz CT molecular complexity index is 302. The van der Waals surface area contributed by atoms with E-state index >= 15 is 0 Å². The van der Waals surface area contributed by atoms with Crippen molar-refractivity contribution in [1.29, 1.82) is 0 Å². The first kappa shape index (κ1) is 13.2. The van der Waals surface area contributed by atoms with Crippen molar-refractivity contribution in [2.24, 2.45) is 5.92 Å². The monoisotopic (exact) mass is 238 g/mol. The van der Waals surface area contributed by atoms with Crippen LogP contribution in [0.1, 0.15) is 37.7 Å². The fraction of sp³-hybridized carbons (Fsp3) is 0.500. The van der Waals surface area contributed by atoms with Crippen LogP contribution >= 0.6 is 11.6 Å². The van der Waals surface area contributed by atoms with Gasteiger partial charge in [0.25, 0.3) is 0 Å². The van der Waals surface area contributed by atoms with Crippen molar-refractivity contribution in [3.63, 3.8) is 0 Å². The van der Waals surface area contributed by atoms with E-state index in [0.29, 0.717) is 0 Å². The maximum absolute atomic E-state index is 10.6. The normalized spacial score (nSPS) is 16.1. The quantitative estimate of drug-likeness (QED) is 0.666. The molecule has 0 atom stereocenters. The largest absolute Gasteiger partial charge is 0.281 e. The first-order chi connectivity index (χ1) is 7.70. The van der Waals surface area contributed by atoms with Crippen LogP contribution < -0.4 is 0 Å². The Kier molecular flexibility index (Phi) is 6.17. The fourth-order valence-electron chi connectivity index (χ4n) is 1.86. The summed E-state index contributed by atoms with van der Waals surface area (Å²) in [4.78, 5) is 10.6. The van der Waals surface area contributed by atoms with Crippen LogP contribution in [0.5, 0.6) is 0 Å². The number of aryl methyl sites for hydroxylation is 1. The standard InChI is InChI=1S/C7H11ClO.C7H8/c8-7(9)6-4-2-1-3-5-6;1-7-5-3-2-4-6-7/h6H,1-5H2;2-6H,1H3. The molecule has 0 N–H and O–H groups in total. The summed E-state index contributed by atoms with van der Waals surface area (Å²) in [7, 11) is 0. The van der Waals surface area contributed by atoms with Crippen molar-refractivity contribution < 1.29 is 4.79 Å². The summed E-state index contributed by atoms with van der Waals surface area (Å²) in [6.45, 7) is 2.08. The molecule has 0 aromatic heterocycles. The van der Waals surface area contributed by atoms with Gasteiger partial charge in [-0.15, -0.1) is 0 Å². The van der Waals surface area contributed by atoms with Crippen LogP contribution in [0.2, 0.25) is 0 Å². The third-order valence-corrected chi connectivity index (χ3v) is 3.18. The Balaban J connectivity index is 0.000000165. The zero-order valence-corrected chi connectivity index (χ0v) is 10.5. The number of carbonyl (C=O) groups excluding carboxylic acids is 1. The molecule has 0 heterocycles. The zero-order chi connectivity index (χ0) is 11.8. The molecule has 1 aliphatic carbocycles. The van der Waals surface area contributed by atoms with Gasteiger partial charge in [-0.05, 0) is 31.4 Å². The molecule has 88 valence electrons. The molecule has 1 aliphatic rings. The molecule has 0 aliphatic heterocycles. The lowest BCUT2D eigenvalue weighted by Gasteiger charge is -2.16. The summed E-state index contributed by atoms with van der Waals surface area (Å²) in [6.07, 6.45) is 5.68. The number of halogens is 1. The Labute approximate surface area is 103 Å². The molecular weight excluding hydrogens is 220 g/mol. The van der Waals surface area contributed by atoms with E-state index in [4.69, 9.17) is 11.6 Å². The highest BCUT2D eigenvalue weighted by Crippen LogP contribution is 2.25. The van der Waals surface area contributed by atoms with Crippen molar-refractivity contribution in [2.45, 2.75) is 39.0 Å². The van der Waals surface area contributed by atoms with Crippen molar-refractivity contribution in [2.75, 3.05) is 0 Å². The molecule has 2 heteroatoms. The van der Waals surface area contributed by atoms with E-state index in [9.17, 15) is 4.79 Å². The Morgan fingerprint density at radius 3 is 2.00 bits per heavy atom. The molecule has 1 aromatic rings. The van der Waals surface area contributed by atoms with E-state index in [1.807, 2.05) is 18.2 Å². The lowest BCUT2D eigenvalue weighted by molar-refractivity contribution is -0.115. The maximum Gasteiger partial charge on any atom is 0.224 e. The third-order valence-electron chi connectivity index (χ3n) is 2.87. The van der Waals surface area contributed by atoms with Crippen molar-refractivity contribution in [3.05, 3.63) is 35.9 Å². The second kappa shape index (κ2) is 7.45. The minimum atomic E-state index is -0.130. The molecular formula is C14H19ClO. The van der Waals surface area contributed by atoms with Gasteiger partial charge >= 0.3 is 0 Å². The molecule has 1 nitrogen and oxygen atoms in total. The highest BCUT2D eigenvalue weighted by molar-refractivity contribution is 6.63. The number of hydrogen-bond acceptors (Lipinski definition) is 1. The lowest BCUT2D eigenvalue weighted by Crippen LogP contribution is -2.12. The van der Waals surface area contributed by atoms with Crippen molar-refractivity contribution in [1.82, 2.24) is 0 Å². The summed E-state index contributed by atoms with van der Waals surface area (Å²) in [5, 5.41) is -0.130. The molecule has 1 fully saturated rings. The molecule has 1 aromatic carbocycles. The SMILES string of the molecule is Cc1ccccc1.O=C(Cl)C1CCCCC1. The highest BCUT2D eigenvalue weighted by Gasteiger charge is 2.18. The van der Waals surface area contributed by atoms with Crippen LogP contribution in [0.25, 0.3) is 0 Å². The molecule has 0 radical (unpaired) electrons. The first-order valence-electron chi connectivity index (χ1n) is 5.91. The first-order valence-corrected chi connectivity index (χ1v) is 6.29. The second-order valence-corrected chi connectivity index (χ2v) is 4.67. The van der Waals surface area contributed by atoms with Gasteiger partial charge in [0.2, 0.25) is 5.24 Å². The van der Waals surface area contributed by atoms with Crippen molar-refractivity contribution in [3.8, 4) is 0 Å². The van der Waals surface area contributed by atoms with Gasteiger partial charge < -0.3 is 0 Å². The zero-order valence-electron chi connectivity index (χ0n) is 9.79. The smallest absolute Gasteiger partial charge is 0.224 e. The van der Waals surface area contributed by atoms with Crippen molar-refractivity contribution >= 4 is 16.8 Å². The van der Waals surface area contributed by atoms with Crippen LogP contribution in [0.15, 0.2) is 30.3 Å². The van der Waals surface area contributed by atoms with Crippen LogP contribution in [-0.4, -0.2) is 5.24 Å². The van der Waals surface area contributed by atoms with E-state index in [1.54, 1.807) is 0 Å². The average Bonchev–Trinajstić information content (AvgIpc) is 2.32. The minimum Gasteiger partial charge on any atom is -0.281 e. The van der Waals surface area contributed by atoms with Crippen LogP contribution in [0.3, 0.4) is 0 Å². The number of benzene rings is 1. The van der Waals surface area contributed by atoms with E-state index in [-0.39, 0.29) is 11.2 Å². The predicted molar refractivity (Wildman–Crippen MR) is 68.6 cm³/mol. The van der Waals surface area contributed by atoms with Crippen LogP contribution in [0, 0.1) is 12.8 Å². The van der Waals surface area contributed by atoms with Gasteiger partial charge in [-0.1, -0.05) is 55.2 Å². The van der Waals surface area contributed by atoms with Crippen LogP contribution in [0.4, 0.5) is 0 Å². The molecule has 16 heavy (non-hydrogen) atoms. The number of hydrogen-bond donors (Lipinski definition) is 0. The number of rotatable bonds is 1. The summed E-state index contributed by atoms with van der Waals surface area (Å²) in [5.74, 6) is 0.181. The van der Waals surface area contributed by atoms with Gasteiger partial charge in [-0.3, -0.25) is 4.79 Å². The van der Waals surface area contributed by atoms with Gasteiger partial charge in [0.05, 0.1) is 0 Å². The van der Waals surface area contributed by atoms with Gasteiger partial charge in [-0.25, -0.2) is 0 Å². The molecule has 0 spiro atoms. The fourth-order valence-corrected chi connectivity index (χ4v) is 2.08. The van der Waals surface area contributed by atoms with E-state index in [2.05, 4.69) is 19.1 Å². The summed E-state index contributed by atoms with van der Waals surface area (Å²) >= 11 is 5.32. The summed E-state index contributed by atoms with van der Waals surface area (Å²) in [5.41, 5.74) is 1.32. The Morgan fingerprint density at radius 2 is 1.69 bits per heavy atom. The Morgan fingerprint density at radius 1 is 1.12 bits per heavy atom. The molecule has 0 amide bonds. The van der Waals surface area contributed by atoms with Crippen LogP contribution in [-0.2, 0) is 4.79 Å². The number of carbonyl (C=O) groups is 1. The maximum atomic E-state index is 10.6. The molecule has 2 rings (SSSR count). The van der Waals surface area contributed by atoms with Gasteiger partial charge in [0.15, 0.2) is 0 Å². The molecule has 0 unspecified atom stereocenters. The third kappa shape index (κ3) is 5.32. The second-order valence-electron chi connectivity index (χ2n) is 4.29. The topological polar surface area (TPSA) is 17.1 Å². The predicted octanol–water partition coefficient (Wildman–Crippen LogP) is 4.33. The van der Waals surface area contributed by atoms with E-state index < -0.39 is 0 Å². The average molecular weight is 239 g/mol. The van der Waals surface area contributed by atoms with Gasteiger partial charge in [-0.2, -0.15) is 0 Å². The Hall–Kier alpha value is -0.820. The van der Waals surface area contributed by atoms with E-state index in [0.717, 1.165) is 12.8 Å². The molecule has 0 bridgehead atoms. The van der Waals surface area contributed by atoms with Gasteiger partial charge in [0.1, 0.15) is 0 Å².